The molecular weight excluding hydrogens is 506 g/mol. The third kappa shape index (κ3) is 14.0. The van der Waals surface area contributed by atoms with Crippen molar-refractivity contribution in [2.75, 3.05) is 34.3 Å². The molecule has 0 bridgehead atoms. The molecule has 2 rings (SSSR count). The largest absolute Gasteiger partial charge is 1.00 e. The van der Waals surface area contributed by atoms with Crippen molar-refractivity contribution in [1.29, 1.82) is 0 Å². The third-order valence-corrected chi connectivity index (χ3v) is 8.64. The van der Waals surface area contributed by atoms with Crippen molar-refractivity contribution < 1.29 is 31.8 Å². The highest BCUT2D eigenvalue weighted by Gasteiger charge is 2.34. The molecule has 1 aromatic carbocycles. The Morgan fingerprint density at radius 2 is 1.33 bits per heavy atom. The van der Waals surface area contributed by atoms with Crippen LogP contribution in [0.1, 0.15) is 121 Å². The standard InChI is InChI=1S/C29H50O2.C5H14NO.ClH/c1-20(2)12-9-13-21(3)14-10-15-22(4)16-11-18-29(8)19-17-26-25(7)27(30)23(5)24(6)28(26)31-29;1-6(2,3)4-5-7;/h20-22,30H,9-19H2,1-8H3;7H,4-5H2,1-3H3;1H/q;+1;/p-1/t21?,22?,29-;;/m1../s1. The van der Waals surface area contributed by atoms with Gasteiger partial charge in [-0.15, -0.1) is 0 Å². The second kappa shape index (κ2) is 17.8. The van der Waals surface area contributed by atoms with Crippen LogP contribution in [0.25, 0.3) is 0 Å². The smallest absolute Gasteiger partial charge is 0.127 e. The molecule has 0 amide bonds. The number of phenols is 1. The molecule has 230 valence electrons. The third-order valence-electron chi connectivity index (χ3n) is 8.64. The van der Waals surface area contributed by atoms with Crippen LogP contribution in [0.3, 0.4) is 0 Å². The first kappa shape index (κ1) is 38.0. The molecule has 2 N–H and O–H groups in total. The predicted molar refractivity (Wildman–Crippen MR) is 164 cm³/mol. The number of rotatable bonds is 14. The monoisotopic (exact) mass is 569 g/mol. The predicted octanol–water partition coefficient (Wildman–Crippen LogP) is 5.53. The summed E-state index contributed by atoms with van der Waals surface area (Å²) in [6, 6.07) is 0. The molecule has 1 heterocycles. The topological polar surface area (TPSA) is 49.7 Å². The number of ether oxygens (including phenoxy) is 1. The minimum Gasteiger partial charge on any atom is -1.00 e. The highest BCUT2D eigenvalue weighted by molar-refractivity contribution is 5.58. The number of fused-ring (bicyclic) bond motifs is 1. The average molecular weight is 570 g/mol. The number of aromatic hydroxyl groups is 1. The Morgan fingerprint density at radius 1 is 0.821 bits per heavy atom. The van der Waals surface area contributed by atoms with E-state index in [9.17, 15) is 5.11 Å². The first-order chi connectivity index (χ1) is 17.6. The number of likely N-dealkylation sites (N-methyl/N-ethyl adjacent to an activating group) is 1. The van der Waals surface area contributed by atoms with E-state index in [0.717, 1.165) is 70.5 Å². The van der Waals surface area contributed by atoms with E-state index in [1.807, 2.05) is 13.8 Å². The van der Waals surface area contributed by atoms with Gasteiger partial charge in [-0.1, -0.05) is 72.6 Å². The molecule has 0 aromatic heterocycles. The number of benzene rings is 1. The number of quaternary nitrogens is 1. The van der Waals surface area contributed by atoms with Crippen molar-refractivity contribution in [3.8, 4) is 11.5 Å². The molecule has 1 aliphatic heterocycles. The van der Waals surface area contributed by atoms with E-state index in [1.54, 1.807) is 0 Å². The Bertz CT molecular complexity index is 833. The van der Waals surface area contributed by atoms with Gasteiger partial charge >= 0.3 is 0 Å². The number of aliphatic hydroxyl groups excluding tert-OH is 1. The van der Waals surface area contributed by atoms with Crippen LogP contribution in [-0.4, -0.2) is 54.6 Å². The Labute approximate surface area is 248 Å². The lowest BCUT2D eigenvalue weighted by atomic mass is 9.84. The van der Waals surface area contributed by atoms with Gasteiger partial charge in [-0.05, 0) is 87.8 Å². The van der Waals surface area contributed by atoms with Gasteiger partial charge in [-0.2, -0.15) is 0 Å². The number of phenolic OH excluding ortho intramolecular Hbond substituents is 1. The van der Waals surface area contributed by atoms with Crippen LogP contribution in [0.2, 0.25) is 0 Å². The van der Waals surface area contributed by atoms with Crippen molar-refractivity contribution in [3.63, 3.8) is 0 Å². The van der Waals surface area contributed by atoms with E-state index in [1.165, 1.54) is 56.9 Å². The maximum atomic E-state index is 10.4. The number of halogens is 1. The normalized spacial score (nSPS) is 18.4. The van der Waals surface area contributed by atoms with Crippen LogP contribution in [0.4, 0.5) is 0 Å². The van der Waals surface area contributed by atoms with Gasteiger partial charge in [-0.3, -0.25) is 0 Å². The van der Waals surface area contributed by atoms with Gasteiger partial charge in [0.2, 0.25) is 0 Å². The molecule has 0 saturated heterocycles. The zero-order valence-corrected chi connectivity index (χ0v) is 28.3. The number of nitrogens with zero attached hydrogens (tertiary/aromatic N) is 1. The lowest BCUT2D eigenvalue weighted by Crippen LogP contribution is -3.00. The van der Waals surface area contributed by atoms with Gasteiger partial charge in [0.05, 0.1) is 27.7 Å². The van der Waals surface area contributed by atoms with E-state index in [-0.39, 0.29) is 24.6 Å². The summed E-state index contributed by atoms with van der Waals surface area (Å²) in [5.41, 5.74) is 4.23. The molecule has 1 aliphatic rings. The summed E-state index contributed by atoms with van der Waals surface area (Å²) in [4.78, 5) is 0. The van der Waals surface area contributed by atoms with Crippen molar-refractivity contribution in [2.24, 2.45) is 17.8 Å². The van der Waals surface area contributed by atoms with Gasteiger partial charge in [0.25, 0.3) is 0 Å². The fourth-order valence-corrected chi connectivity index (χ4v) is 5.57. The van der Waals surface area contributed by atoms with E-state index in [4.69, 9.17) is 9.84 Å². The quantitative estimate of drug-likeness (QED) is 0.290. The zero-order chi connectivity index (χ0) is 29.1. The Morgan fingerprint density at radius 3 is 1.79 bits per heavy atom. The Balaban J connectivity index is 0.00000159. The highest BCUT2D eigenvalue weighted by Crippen LogP contribution is 2.44. The van der Waals surface area contributed by atoms with E-state index >= 15 is 0 Å². The van der Waals surface area contributed by atoms with Crippen LogP contribution in [0.5, 0.6) is 11.5 Å². The molecule has 0 aliphatic carbocycles. The minimum atomic E-state index is -0.0712. The summed E-state index contributed by atoms with van der Waals surface area (Å²) in [6.07, 6.45) is 14.1. The molecule has 0 radical (unpaired) electrons. The van der Waals surface area contributed by atoms with Gasteiger partial charge in [-0.25, -0.2) is 0 Å². The second-order valence-corrected chi connectivity index (χ2v) is 14.2. The molecule has 5 heteroatoms. The molecule has 1 aromatic rings. The van der Waals surface area contributed by atoms with Crippen molar-refractivity contribution >= 4 is 0 Å². The number of hydrogen-bond acceptors (Lipinski definition) is 3. The molecule has 0 spiro atoms. The zero-order valence-electron chi connectivity index (χ0n) is 27.6. The average Bonchev–Trinajstić information content (AvgIpc) is 2.80. The van der Waals surface area contributed by atoms with Crippen LogP contribution >= 0.6 is 0 Å². The minimum absolute atomic E-state index is 0. The molecule has 4 nitrogen and oxygen atoms in total. The summed E-state index contributed by atoms with van der Waals surface area (Å²) < 4.78 is 7.45. The first-order valence-electron chi connectivity index (χ1n) is 15.5. The number of hydrogen-bond donors (Lipinski definition) is 2. The fourth-order valence-electron chi connectivity index (χ4n) is 5.57. The lowest BCUT2D eigenvalue weighted by Gasteiger charge is -2.38. The highest BCUT2D eigenvalue weighted by atomic mass is 35.5. The van der Waals surface area contributed by atoms with Gasteiger partial charge in [0.1, 0.15) is 23.6 Å². The molecule has 0 saturated carbocycles. The van der Waals surface area contributed by atoms with Crippen LogP contribution < -0.4 is 17.1 Å². The van der Waals surface area contributed by atoms with E-state index in [2.05, 4.69) is 62.7 Å². The van der Waals surface area contributed by atoms with Gasteiger partial charge in [0, 0.05) is 5.56 Å². The maximum Gasteiger partial charge on any atom is 0.127 e. The first-order valence-corrected chi connectivity index (χ1v) is 15.5. The van der Waals surface area contributed by atoms with Crippen molar-refractivity contribution in [2.45, 2.75) is 132 Å². The summed E-state index contributed by atoms with van der Waals surface area (Å²) in [5, 5.41) is 18.8. The van der Waals surface area contributed by atoms with Crippen molar-refractivity contribution in [1.82, 2.24) is 0 Å². The second-order valence-electron chi connectivity index (χ2n) is 14.2. The summed E-state index contributed by atoms with van der Waals surface area (Å²) >= 11 is 0. The SMILES string of the molecule is C[N+](C)(C)CCO.Cc1c(C)c2c(c(C)c1O)CC[C@@](C)(CCCC(C)CCCC(C)CCCC(C)C)O2.[Cl-]. The Kier molecular flexibility index (Phi) is 17.3. The molecule has 39 heavy (non-hydrogen) atoms. The molecular formula is C34H64ClNO3. The number of aliphatic hydroxyl groups is 1. The van der Waals surface area contributed by atoms with Crippen LogP contribution in [0, 0.1) is 38.5 Å². The summed E-state index contributed by atoms with van der Waals surface area (Å²) in [6.45, 7) is 19.1. The van der Waals surface area contributed by atoms with E-state index in [0.29, 0.717) is 5.75 Å². The fraction of sp³-hybridized carbons (Fsp3) is 0.824. The lowest BCUT2D eigenvalue weighted by molar-refractivity contribution is -0.870. The molecule has 2 unspecified atom stereocenters. The van der Waals surface area contributed by atoms with Crippen LogP contribution in [0.15, 0.2) is 0 Å². The van der Waals surface area contributed by atoms with E-state index < -0.39 is 0 Å². The summed E-state index contributed by atoms with van der Waals surface area (Å²) in [5.74, 6) is 4.04. The Hall–Kier alpha value is -0.970. The van der Waals surface area contributed by atoms with Gasteiger partial charge < -0.3 is 31.8 Å². The van der Waals surface area contributed by atoms with Gasteiger partial charge in [0.15, 0.2) is 0 Å². The molecule has 3 atom stereocenters. The maximum absolute atomic E-state index is 10.4. The summed E-state index contributed by atoms with van der Waals surface area (Å²) in [7, 11) is 6.16. The van der Waals surface area contributed by atoms with Crippen LogP contribution in [-0.2, 0) is 6.42 Å². The van der Waals surface area contributed by atoms with Crippen molar-refractivity contribution in [3.05, 3.63) is 22.3 Å². The molecule has 0 fully saturated rings.